The predicted octanol–water partition coefficient (Wildman–Crippen LogP) is 2.98. The molecule has 2 atom stereocenters. The molecule has 1 aliphatic rings. The van der Waals surface area contributed by atoms with Crippen LogP contribution in [0.15, 0.2) is 35.8 Å². The molecule has 0 bridgehead atoms. The Kier molecular flexibility index (Phi) is 4.15. The van der Waals surface area contributed by atoms with Crippen molar-refractivity contribution >= 4 is 11.3 Å². The highest BCUT2D eigenvalue weighted by Crippen LogP contribution is 2.31. The second-order valence-corrected chi connectivity index (χ2v) is 6.36. The van der Waals surface area contributed by atoms with Gasteiger partial charge in [-0.1, -0.05) is 13.0 Å². The number of thiophene rings is 1. The molecule has 2 aromatic heterocycles. The molecule has 2 aromatic rings. The number of hydrogen-bond acceptors (Lipinski definition) is 4. The molecule has 3 rings (SSSR count). The second-order valence-electron chi connectivity index (χ2n) is 5.36. The van der Waals surface area contributed by atoms with Crippen LogP contribution >= 0.6 is 11.3 Å². The minimum absolute atomic E-state index is 0.130. The zero-order valence-electron chi connectivity index (χ0n) is 11.8. The lowest BCUT2D eigenvalue weighted by Crippen LogP contribution is -2.43. The lowest BCUT2D eigenvalue weighted by molar-refractivity contribution is 0.150. The highest BCUT2D eigenvalue weighted by molar-refractivity contribution is 7.10. The predicted molar refractivity (Wildman–Crippen MR) is 83.7 cm³/mol. The Morgan fingerprint density at radius 2 is 2.30 bits per heavy atom. The molecule has 3 heterocycles. The van der Waals surface area contributed by atoms with Crippen molar-refractivity contribution in [1.29, 1.82) is 0 Å². The molecular formula is C16H21N3S. The third-order valence-corrected chi connectivity index (χ3v) is 5.12. The smallest absolute Gasteiger partial charge is 0.0676 e. The van der Waals surface area contributed by atoms with E-state index in [2.05, 4.69) is 40.4 Å². The van der Waals surface area contributed by atoms with Crippen LogP contribution in [0.25, 0.3) is 0 Å². The largest absolute Gasteiger partial charge is 0.326 e. The van der Waals surface area contributed by atoms with E-state index in [4.69, 9.17) is 5.73 Å². The van der Waals surface area contributed by atoms with Gasteiger partial charge in [-0.15, -0.1) is 11.3 Å². The first kappa shape index (κ1) is 13.7. The van der Waals surface area contributed by atoms with E-state index in [9.17, 15) is 0 Å². The molecule has 0 fully saturated rings. The van der Waals surface area contributed by atoms with Crippen molar-refractivity contribution in [1.82, 2.24) is 9.88 Å². The highest BCUT2D eigenvalue weighted by Gasteiger charge is 2.29. The van der Waals surface area contributed by atoms with Crippen molar-refractivity contribution in [2.45, 2.75) is 38.4 Å². The summed E-state index contributed by atoms with van der Waals surface area (Å²) >= 11 is 1.88. The molecular weight excluding hydrogens is 266 g/mol. The topological polar surface area (TPSA) is 42.1 Å². The van der Waals surface area contributed by atoms with Gasteiger partial charge in [0.2, 0.25) is 0 Å². The Morgan fingerprint density at radius 1 is 1.40 bits per heavy atom. The highest BCUT2D eigenvalue weighted by atomic mass is 32.1. The first-order valence-corrected chi connectivity index (χ1v) is 8.13. The van der Waals surface area contributed by atoms with Crippen molar-refractivity contribution in [3.8, 4) is 0 Å². The lowest BCUT2D eigenvalue weighted by atomic mass is 9.97. The van der Waals surface area contributed by atoms with Crippen LogP contribution in [-0.4, -0.2) is 22.5 Å². The van der Waals surface area contributed by atoms with Crippen LogP contribution in [0.2, 0.25) is 0 Å². The van der Waals surface area contributed by atoms with E-state index in [-0.39, 0.29) is 12.1 Å². The van der Waals surface area contributed by atoms with E-state index >= 15 is 0 Å². The van der Waals surface area contributed by atoms with Gasteiger partial charge in [0.05, 0.1) is 11.7 Å². The van der Waals surface area contributed by atoms with Crippen LogP contribution in [0.5, 0.6) is 0 Å². The van der Waals surface area contributed by atoms with Gasteiger partial charge in [0.25, 0.3) is 0 Å². The van der Waals surface area contributed by atoms with Crippen LogP contribution in [0.3, 0.4) is 0 Å². The van der Waals surface area contributed by atoms with Gasteiger partial charge in [-0.25, -0.2) is 0 Å². The summed E-state index contributed by atoms with van der Waals surface area (Å²) in [5, 5.41) is 2.20. The van der Waals surface area contributed by atoms with Crippen molar-refractivity contribution in [2.24, 2.45) is 5.73 Å². The lowest BCUT2D eigenvalue weighted by Gasteiger charge is -2.37. The van der Waals surface area contributed by atoms with E-state index in [1.165, 1.54) is 10.4 Å². The quantitative estimate of drug-likeness (QED) is 0.940. The standard InChI is InChI=1S/C16H21N3S/c1-2-13(17)16(14-5-3-4-8-18-14)19-9-6-15-12(11-19)7-10-20-15/h3-5,7-8,10,13,16H,2,6,9,11,17H2,1H3. The molecule has 0 saturated heterocycles. The van der Waals surface area contributed by atoms with Gasteiger partial charge in [0.1, 0.15) is 0 Å². The zero-order chi connectivity index (χ0) is 13.9. The Bertz CT molecular complexity index is 552. The number of pyridine rings is 1. The van der Waals surface area contributed by atoms with Crippen LogP contribution in [0, 0.1) is 0 Å². The van der Waals surface area contributed by atoms with Gasteiger partial charge in [-0.2, -0.15) is 0 Å². The molecule has 3 nitrogen and oxygen atoms in total. The maximum atomic E-state index is 6.40. The summed E-state index contributed by atoms with van der Waals surface area (Å²) in [6.07, 6.45) is 3.96. The Labute approximate surface area is 124 Å². The van der Waals surface area contributed by atoms with Gasteiger partial charge in [-0.05, 0) is 42.0 Å². The van der Waals surface area contributed by atoms with Crippen LogP contribution in [0.1, 0.15) is 35.5 Å². The maximum absolute atomic E-state index is 6.40. The number of nitrogens with two attached hydrogens (primary N) is 1. The first-order chi connectivity index (χ1) is 9.79. The summed E-state index contributed by atoms with van der Waals surface area (Å²) < 4.78 is 0. The average Bonchev–Trinajstić information content (AvgIpc) is 2.96. The molecule has 2 unspecified atom stereocenters. The monoisotopic (exact) mass is 287 g/mol. The van der Waals surface area contributed by atoms with E-state index in [0.717, 1.165) is 31.6 Å². The zero-order valence-corrected chi connectivity index (χ0v) is 12.6. The van der Waals surface area contributed by atoms with Gasteiger partial charge >= 0.3 is 0 Å². The van der Waals surface area contributed by atoms with Crippen molar-refractivity contribution in [3.05, 3.63) is 52.0 Å². The molecule has 4 heteroatoms. The molecule has 1 aliphatic heterocycles. The fourth-order valence-corrected chi connectivity index (χ4v) is 3.85. The van der Waals surface area contributed by atoms with E-state index in [1.54, 1.807) is 0 Å². The Balaban J connectivity index is 1.87. The maximum Gasteiger partial charge on any atom is 0.0676 e. The average molecular weight is 287 g/mol. The third kappa shape index (κ3) is 2.64. The SMILES string of the molecule is CCC(N)C(c1ccccn1)N1CCc2sccc2C1. The Hall–Kier alpha value is -1.23. The van der Waals surface area contributed by atoms with Crippen molar-refractivity contribution < 1.29 is 0 Å². The minimum atomic E-state index is 0.130. The molecule has 20 heavy (non-hydrogen) atoms. The minimum Gasteiger partial charge on any atom is -0.326 e. The fourth-order valence-electron chi connectivity index (χ4n) is 2.96. The Morgan fingerprint density at radius 3 is 3.05 bits per heavy atom. The summed E-state index contributed by atoms with van der Waals surface area (Å²) in [7, 11) is 0. The summed E-state index contributed by atoms with van der Waals surface area (Å²) in [5.41, 5.74) is 8.96. The van der Waals surface area contributed by atoms with Crippen molar-refractivity contribution in [2.75, 3.05) is 6.54 Å². The summed E-state index contributed by atoms with van der Waals surface area (Å²) in [5.74, 6) is 0. The molecule has 0 aliphatic carbocycles. The van der Waals surface area contributed by atoms with Gasteiger partial charge in [0, 0.05) is 30.2 Å². The fraction of sp³-hybridized carbons (Fsp3) is 0.438. The summed E-state index contributed by atoms with van der Waals surface area (Å²) in [6, 6.07) is 8.71. The number of hydrogen-bond donors (Lipinski definition) is 1. The molecule has 2 N–H and O–H groups in total. The van der Waals surface area contributed by atoms with Crippen LogP contribution in [-0.2, 0) is 13.0 Å². The summed E-state index contributed by atoms with van der Waals surface area (Å²) in [4.78, 5) is 8.57. The van der Waals surface area contributed by atoms with Gasteiger partial charge < -0.3 is 5.73 Å². The molecule has 0 aromatic carbocycles. The number of aromatic nitrogens is 1. The van der Waals surface area contributed by atoms with Crippen LogP contribution < -0.4 is 5.73 Å². The van der Waals surface area contributed by atoms with Gasteiger partial charge in [0.15, 0.2) is 0 Å². The number of fused-ring (bicyclic) bond motifs is 1. The molecule has 106 valence electrons. The van der Waals surface area contributed by atoms with Crippen LogP contribution in [0.4, 0.5) is 0 Å². The van der Waals surface area contributed by atoms with E-state index in [0.29, 0.717) is 0 Å². The number of nitrogens with zero attached hydrogens (tertiary/aromatic N) is 2. The van der Waals surface area contributed by atoms with E-state index < -0.39 is 0 Å². The normalized spacial score (nSPS) is 18.5. The first-order valence-electron chi connectivity index (χ1n) is 7.25. The molecule has 0 amide bonds. The third-order valence-electron chi connectivity index (χ3n) is 4.10. The molecule has 0 spiro atoms. The molecule has 0 saturated carbocycles. The van der Waals surface area contributed by atoms with E-state index in [1.807, 2.05) is 23.6 Å². The summed E-state index contributed by atoms with van der Waals surface area (Å²) in [6.45, 7) is 4.22. The van der Waals surface area contributed by atoms with Crippen molar-refractivity contribution in [3.63, 3.8) is 0 Å². The number of rotatable bonds is 4. The second kappa shape index (κ2) is 6.04. The van der Waals surface area contributed by atoms with Gasteiger partial charge in [-0.3, -0.25) is 9.88 Å². The molecule has 0 radical (unpaired) electrons.